The van der Waals surface area contributed by atoms with Gasteiger partial charge in [-0.3, -0.25) is 9.59 Å². The van der Waals surface area contributed by atoms with Crippen LogP contribution in [0.4, 0.5) is 0 Å². The number of carbonyl (C=O) groups excluding carboxylic acids is 2. The SMILES string of the molecule is O=C(c1ccccc1)C1N=C2CCCC(=O)N2N1. The van der Waals surface area contributed by atoms with Crippen LogP contribution in [0.2, 0.25) is 0 Å². The standard InChI is InChI=1S/C13H13N3O2/c17-11-8-4-7-10-14-13(15-16(10)11)12(18)9-5-2-1-3-6-9/h1-3,5-6,13,15H,4,7-8H2. The van der Waals surface area contributed by atoms with Crippen LogP contribution in [0.5, 0.6) is 0 Å². The second-order valence-electron chi connectivity index (χ2n) is 4.39. The largest absolute Gasteiger partial charge is 0.290 e. The van der Waals surface area contributed by atoms with Crippen LogP contribution in [0.1, 0.15) is 29.6 Å². The highest BCUT2D eigenvalue weighted by Crippen LogP contribution is 2.19. The van der Waals surface area contributed by atoms with Crippen LogP contribution in [-0.4, -0.2) is 28.7 Å². The molecule has 0 radical (unpaired) electrons. The molecule has 0 aromatic heterocycles. The number of carbonyl (C=O) groups is 2. The Bertz CT molecular complexity index is 524. The number of ketones is 1. The average molecular weight is 243 g/mol. The highest BCUT2D eigenvalue weighted by molar-refractivity contribution is 6.06. The van der Waals surface area contributed by atoms with E-state index in [2.05, 4.69) is 10.4 Å². The summed E-state index contributed by atoms with van der Waals surface area (Å²) in [5, 5.41) is 1.43. The minimum absolute atomic E-state index is 0.0108. The van der Waals surface area contributed by atoms with Crippen molar-refractivity contribution in [3.63, 3.8) is 0 Å². The van der Waals surface area contributed by atoms with Gasteiger partial charge in [0.15, 0.2) is 6.17 Å². The van der Waals surface area contributed by atoms with E-state index in [1.807, 2.05) is 18.2 Å². The molecule has 1 aromatic rings. The lowest BCUT2D eigenvalue weighted by atomic mass is 10.1. The molecule has 2 aliphatic rings. The number of amides is 1. The molecule has 2 aliphatic heterocycles. The number of aliphatic imine (C=N–C) groups is 1. The molecule has 1 aromatic carbocycles. The highest BCUT2D eigenvalue weighted by Gasteiger charge is 2.35. The molecule has 18 heavy (non-hydrogen) atoms. The first kappa shape index (κ1) is 11.1. The van der Waals surface area contributed by atoms with Gasteiger partial charge in [-0.25, -0.2) is 10.0 Å². The number of amidine groups is 1. The lowest BCUT2D eigenvalue weighted by Gasteiger charge is -2.23. The molecule has 0 aliphatic carbocycles. The number of nitrogens with one attached hydrogen (secondary N) is 1. The summed E-state index contributed by atoms with van der Waals surface area (Å²) >= 11 is 0. The van der Waals surface area contributed by atoms with Crippen molar-refractivity contribution >= 4 is 17.5 Å². The molecule has 2 heterocycles. The Balaban J connectivity index is 1.82. The fourth-order valence-electron chi connectivity index (χ4n) is 2.21. The van der Waals surface area contributed by atoms with Crippen molar-refractivity contribution in [2.75, 3.05) is 0 Å². The maximum atomic E-state index is 12.2. The number of Topliss-reactive ketones (excluding diaryl/α,β-unsaturated/α-hetero) is 1. The first-order valence-corrected chi connectivity index (χ1v) is 6.01. The monoisotopic (exact) mass is 243 g/mol. The third-order valence-corrected chi connectivity index (χ3v) is 3.13. The van der Waals surface area contributed by atoms with Crippen molar-refractivity contribution in [2.24, 2.45) is 4.99 Å². The molecule has 0 saturated carbocycles. The lowest BCUT2D eigenvalue weighted by molar-refractivity contribution is -0.130. The van der Waals surface area contributed by atoms with E-state index in [4.69, 9.17) is 0 Å². The van der Waals surface area contributed by atoms with Crippen LogP contribution < -0.4 is 5.43 Å². The molecular formula is C13H13N3O2. The molecule has 0 bridgehead atoms. The number of fused-ring (bicyclic) bond motifs is 1. The molecule has 3 rings (SSSR count). The fourth-order valence-corrected chi connectivity index (χ4v) is 2.21. The molecular weight excluding hydrogens is 230 g/mol. The second kappa shape index (κ2) is 4.34. The van der Waals surface area contributed by atoms with Gasteiger partial charge in [0.25, 0.3) is 0 Å². The minimum Gasteiger partial charge on any atom is -0.290 e. The summed E-state index contributed by atoms with van der Waals surface area (Å²) in [6.07, 6.45) is 1.40. The first-order valence-electron chi connectivity index (χ1n) is 6.01. The van der Waals surface area contributed by atoms with Gasteiger partial charge in [0, 0.05) is 18.4 Å². The van der Waals surface area contributed by atoms with Crippen molar-refractivity contribution in [3.05, 3.63) is 35.9 Å². The van der Waals surface area contributed by atoms with E-state index in [0.717, 1.165) is 12.8 Å². The van der Waals surface area contributed by atoms with E-state index in [-0.39, 0.29) is 11.7 Å². The van der Waals surface area contributed by atoms with E-state index in [0.29, 0.717) is 17.8 Å². The summed E-state index contributed by atoms with van der Waals surface area (Å²) < 4.78 is 0. The van der Waals surface area contributed by atoms with E-state index in [1.54, 1.807) is 12.1 Å². The maximum absolute atomic E-state index is 12.2. The van der Waals surface area contributed by atoms with Gasteiger partial charge in [-0.2, -0.15) is 5.43 Å². The molecule has 1 saturated heterocycles. The van der Waals surface area contributed by atoms with E-state index in [9.17, 15) is 9.59 Å². The van der Waals surface area contributed by atoms with Gasteiger partial charge >= 0.3 is 0 Å². The summed E-state index contributed by atoms with van der Waals surface area (Å²) in [4.78, 5) is 28.1. The van der Waals surface area contributed by atoms with Gasteiger partial charge in [-0.05, 0) is 6.42 Å². The number of benzene rings is 1. The molecule has 1 fully saturated rings. The topological polar surface area (TPSA) is 61.8 Å². The Hall–Kier alpha value is -2.01. The predicted octanol–water partition coefficient (Wildman–Crippen LogP) is 1.12. The van der Waals surface area contributed by atoms with Gasteiger partial charge in [0.2, 0.25) is 11.7 Å². The molecule has 5 nitrogen and oxygen atoms in total. The van der Waals surface area contributed by atoms with Crippen molar-refractivity contribution in [1.29, 1.82) is 0 Å². The molecule has 1 atom stereocenters. The van der Waals surface area contributed by atoms with E-state index in [1.165, 1.54) is 5.01 Å². The second-order valence-corrected chi connectivity index (χ2v) is 4.39. The van der Waals surface area contributed by atoms with Crippen molar-refractivity contribution in [2.45, 2.75) is 25.4 Å². The number of piperidine rings is 1. The molecule has 92 valence electrons. The van der Waals surface area contributed by atoms with Crippen LogP contribution in [-0.2, 0) is 4.79 Å². The van der Waals surface area contributed by atoms with Crippen LogP contribution in [0.25, 0.3) is 0 Å². The molecule has 5 heteroatoms. The Labute approximate surface area is 104 Å². The van der Waals surface area contributed by atoms with E-state index < -0.39 is 6.17 Å². The molecule has 0 spiro atoms. The van der Waals surface area contributed by atoms with Gasteiger partial charge in [0.05, 0.1) is 0 Å². The van der Waals surface area contributed by atoms with E-state index >= 15 is 0 Å². The van der Waals surface area contributed by atoms with Gasteiger partial charge in [-0.1, -0.05) is 30.3 Å². The summed E-state index contributed by atoms with van der Waals surface area (Å²) in [5.41, 5.74) is 3.47. The van der Waals surface area contributed by atoms with Crippen LogP contribution in [0.15, 0.2) is 35.3 Å². The van der Waals surface area contributed by atoms with Crippen LogP contribution in [0.3, 0.4) is 0 Å². The van der Waals surface area contributed by atoms with Gasteiger partial charge in [0.1, 0.15) is 5.84 Å². The molecule has 1 amide bonds. The zero-order valence-corrected chi connectivity index (χ0v) is 9.80. The summed E-state index contributed by atoms with van der Waals surface area (Å²) in [6.45, 7) is 0. The predicted molar refractivity (Wildman–Crippen MR) is 65.8 cm³/mol. The van der Waals surface area contributed by atoms with Crippen LogP contribution in [0, 0.1) is 0 Å². The van der Waals surface area contributed by atoms with Gasteiger partial charge < -0.3 is 0 Å². The maximum Gasteiger partial charge on any atom is 0.242 e. The Kier molecular flexibility index (Phi) is 2.68. The molecule has 1 unspecified atom stereocenters. The number of hydrazine groups is 1. The Morgan fingerprint density at radius 3 is 2.78 bits per heavy atom. The Morgan fingerprint density at radius 1 is 1.28 bits per heavy atom. The Morgan fingerprint density at radius 2 is 2.06 bits per heavy atom. The number of hydrogen-bond donors (Lipinski definition) is 1. The highest BCUT2D eigenvalue weighted by atomic mass is 16.2. The summed E-state index contributed by atoms with van der Waals surface area (Å²) in [6, 6.07) is 8.99. The number of hydrogen-bond acceptors (Lipinski definition) is 4. The average Bonchev–Trinajstić information content (AvgIpc) is 2.84. The van der Waals surface area contributed by atoms with Gasteiger partial charge in [-0.15, -0.1) is 0 Å². The smallest absolute Gasteiger partial charge is 0.242 e. The number of rotatable bonds is 2. The normalized spacial score (nSPS) is 22.7. The first-order chi connectivity index (χ1) is 8.75. The summed E-state index contributed by atoms with van der Waals surface area (Å²) in [7, 11) is 0. The summed E-state index contributed by atoms with van der Waals surface area (Å²) in [5.74, 6) is 0.564. The van der Waals surface area contributed by atoms with Crippen LogP contribution >= 0.6 is 0 Å². The third kappa shape index (κ3) is 1.82. The van der Waals surface area contributed by atoms with Crippen molar-refractivity contribution < 1.29 is 9.59 Å². The minimum atomic E-state index is -0.663. The zero-order chi connectivity index (χ0) is 12.5. The number of nitrogens with zero attached hydrogens (tertiary/aromatic N) is 2. The molecule has 1 N–H and O–H groups in total. The lowest BCUT2D eigenvalue weighted by Crippen LogP contribution is -2.48. The quantitative estimate of drug-likeness (QED) is 0.792. The van der Waals surface area contributed by atoms with Crippen molar-refractivity contribution in [3.8, 4) is 0 Å². The fraction of sp³-hybridized carbons (Fsp3) is 0.308. The zero-order valence-electron chi connectivity index (χ0n) is 9.80. The third-order valence-electron chi connectivity index (χ3n) is 3.13. The van der Waals surface area contributed by atoms with Crippen molar-refractivity contribution in [1.82, 2.24) is 10.4 Å².